The fourth-order valence-corrected chi connectivity index (χ4v) is 3.38. The third kappa shape index (κ3) is 7.05. The first-order valence-electron chi connectivity index (χ1n) is 10.2. The van der Waals surface area contributed by atoms with E-state index in [0.717, 1.165) is 11.6 Å². The van der Waals surface area contributed by atoms with E-state index in [0.29, 0.717) is 24.2 Å². The van der Waals surface area contributed by atoms with Crippen LogP contribution in [0.4, 0.5) is 13.2 Å². The van der Waals surface area contributed by atoms with Gasteiger partial charge in [0.25, 0.3) is 0 Å². The van der Waals surface area contributed by atoms with Crippen LogP contribution in [-0.4, -0.2) is 53.7 Å². The first-order chi connectivity index (χ1) is 14.8. The number of aliphatic hydroxyl groups excluding tert-OH is 1. The molecule has 2 aromatic carbocycles. The molecule has 2 atom stereocenters. The maximum Gasteiger partial charge on any atom is 0.145 e. The number of oxime groups is 1. The van der Waals surface area contributed by atoms with Crippen LogP contribution in [0.15, 0.2) is 47.6 Å². The lowest BCUT2D eigenvalue weighted by Crippen LogP contribution is -2.39. The molecule has 0 saturated carbocycles. The van der Waals surface area contributed by atoms with Gasteiger partial charge in [-0.25, -0.2) is 13.2 Å². The summed E-state index contributed by atoms with van der Waals surface area (Å²) in [6.07, 6.45) is -0.638. The summed E-state index contributed by atoms with van der Waals surface area (Å²) in [7, 11) is 0. The van der Waals surface area contributed by atoms with E-state index in [2.05, 4.69) is 5.16 Å². The van der Waals surface area contributed by atoms with Crippen molar-refractivity contribution in [1.29, 1.82) is 0 Å². The van der Waals surface area contributed by atoms with Crippen LogP contribution in [0.1, 0.15) is 31.4 Å². The Hall–Kier alpha value is -2.42. The maximum atomic E-state index is 14.2. The first-order valence-corrected chi connectivity index (χ1v) is 10.2. The Balaban J connectivity index is 1.65. The molecular weight excluding hydrogens is 409 g/mol. The molecule has 1 heterocycles. The average Bonchev–Trinajstić information content (AvgIpc) is 3.17. The summed E-state index contributed by atoms with van der Waals surface area (Å²) >= 11 is 0. The predicted molar refractivity (Wildman–Crippen MR) is 111 cm³/mol. The zero-order valence-corrected chi connectivity index (χ0v) is 17.6. The molecule has 0 radical (unpaired) electrons. The number of hydrogen-bond donors (Lipinski definition) is 1. The summed E-state index contributed by atoms with van der Waals surface area (Å²) in [4.78, 5) is 7.37. The normalized spacial score (nSPS) is 17.2. The van der Waals surface area contributed by atoms with Crippen molar-refractivity contribution < 1.29 is 27.9 Å². The van der Waals surface area contributed by atoms with E-state index in [9.17, 15) is 18.3 Å². The summed E-state index contributed by atoms with van der Waals surface area (Å²) in [5.41, 5.74) is 1.78. The van der Waals surface area contributed by atoms with Gasteiger partial charge in [-0.1, -0.05) is 23.4 Å². The fourth-order valence-electron chi connectivity index (χ4n) is 3.38. The van der Waals surface area contributed by atoms with Crippen molar-refractivity contribution in [2.75, 3.05) is 19.7 Å². The van der Waals surface area contributed by atoms with Crippen LogP contribution >= 0.6 is 0 Å². The van der Waals surface area contributed by atoms with Gasteiger partial charge in [-0.2, -0.15) is 0 Å². The van der Waals surface area contributed by atoms with Gasteiger partial charge in [0.05, 0.1) is 24.5 Å². The fraction of sp³-hybridized carbons (Fsp3) is 0.435. The Morgan fingerprint density at radius 1 is 1.13 bits per heavy atom. The van der Waals surface area contributed by atoms with E-state index in [-0.39, 0.29) is 37.7 Å². The monoisotopic (exact) mass is 436 g/mol. The van der Waals surface area contributed by atoms with Crippen molar-refractivity contribution in [2.24, 2.45) is 5.16 Å². The maximum absolute atomic E-state index is 14.2. The van der Waals surface area contributed by atoms with Crippen molar-refractivity contribution in [1.82, 2.24) is 4.90 Å². The third-order valence-electron chi connectivity index (χ3n) is 4.87. The van der Waals surface area contributed by atoms with Crippen LogP contribution in [0.2, 0.25) is 0 Å². The van der Waals surface area contributed by atoms with E-state index in [1.54, 1.807) is 12.1 Å². The molecule has 0 aromatic heterocycles. The van der Waals surface area contributed by atoms with Crippen LogP contribution in [-0.2, 0) is 16.1 Å². The van der Waals surface area contributed by atoms with Gasteiger partial charge in [-0.05, 0) is 37.6 Å². The number of rotatable bonds is 10. The van der Waals surface area contributed by atoms with Crippen molar-refractivity contribution in [3.8, 4) is 0 Å². The second-order valence-electron chi connectivity index (χ2n) is 7.94. The standard InChI is InChI=1S/C23H27F3N2O3/c1-15(2)30-14-20(29)12-28(11-17-5-8-19(25)9-22(17)26)13-21-10-23(27-31-21)16-3-6-18(24)7-4-16/h3-9,15,20-21,29H,10-14H2,1-2H3/t20-,21+/m1/s1. The predicted octanol–water partition coefficient (Wildman–Crippen LogP) is 3.89. The Kier molecular flexibility index (Phi) is 8.06. The van der Waals surface area contributed by atoms with Crippen molar-refractivity contribution in [3.63, 3.8) is 0 Å². The summed E-state index contributed by atoms with van der Waals surface area (Å²) in [6, 6.07) is 9.44. The van der Waals surface area contributed by atoms with E-state index in [4.69, 9.17) is 9.57 Å². The molecule has 0 amide bonds. The molecule has 1 N–H and O–H groups in total. The second kappa shape index (κ2) is 10.7. The number of nitrogens with zero attached hydrogens (tertiary/aromatic N) is 2. The molecule has 168 valence electrons. The molecule has 1 aliphatic heterocycles. The second-order valence-corrected chi connectivity index (χ2v) is 7.94. The van der Waals surface area contributed by atoms with Crippen LogP contribution < -0.4 is 0 Å². The lowest BCUT2D eigenvalue weighted by molar-refractivity contribution is -0.0196. The Bertz CT molecular complexity index is 890. The van der Waals surface area contributed by atoms with Gasteiger partial charge in [-0.15, -0.1) is 0 Å². The topological polar surface area (TPSA) is 54.3 Å². The molecule has 0 fully saturated rings. The highest BCUT2D eigenvalue weighted by molar-refractivity contribution is 6.01. The minimum Gasteiger partial charge on any atom is -0.390 e. The van der Waals surface area contributed by atoms with Gasteiger partial charge in [0.2, 0.25) is 0 Å². The van der Waals surface area contributed by atoms with E-state index in [1.165, 1.54) is 24.3 Å². The lowest BCUT2D eigenvalue weighted by atomic mass is 10.0. The highest BCUT2D eigenvalue weighted by atomic mass is 19.1. The molecule has 0 spiro atoms. The molecule has 3 rings (SSSR count). The van der Waals surface area contributed by atoms with Gasteiger partial charge in [0.1, 0.15) is 23.6 Å². The molecule has 0 aliphatic carbocycles. The first kappa shape index (κ1) is 23.2. The van der Waals surface area contributed by atoms with Gasteiger partial charge < -0.3 is 14.7 Å². The molecule has 31 heavy (non-hydrogen) atoms. The van der Waals surface area contributed by atoms with E-state index >= 15 is 0 Å². The Morgan fingerprint density at radius 2 is 1.84 bits per heavy atom. The summed E-state index contributed by atoms with van der Waals surface area (Å²) in [6.45, 7) is 4.64. The van der Waals surface area contributed by atoms with Crippen LogP contribution in [0.25, 0.3) is 0 Å². The van der Waals surface area contributed by atoms with Gasteiger partial charge in [-0.3, -0.25) is 4.90 Å². The lowest BCUT2D eigenvalue weighted by Gasteiger charge is -2.27. The number of hydrogen-bond acceptors (Lipinski definition) is 5. The molecule has 8 heteroatoms. The number of aliphatic hydroxyl groups is 1. The van der Waals surface area contributed by atoms with E-state index < -0.39 is 17.7 Å². The molecule has 0 unspecified atom stereocenters. The summed E-state index contributed by atoms with van der Waals surface area (Å²) in [5.74, 6) is -1.62. The largest absolute Gasteiger partial charge is 0.390 e. The van der Waals surface area contributed by atoms with Gasteiger partial charge in [0, 0.05) is 37.7 Å². The highest BCUT2D eigenvalue weighted by Crippen LogP contribution is 2.20. The highest BCUT2D eigenvalue weighted by Gasteiger charge is 2.26. The third-order valence-corrected chi connectivity index (χ3v) is 4.87. The molecule has 5 nitrogen and oxygen atoms in total. The molecule has 1 aliphatic rings. The zero-order valence-electron chi connectivity index (χ0n) is 17.6. The Labute approximate surface area is 180 Å². The SMILES string of the molecule is CC(C)OC[C@H](O)CN(Cc1ccc(F)cc1F)C[C@@H]1CC(c2ccc(F)cc2)=NO1. The quantitative estimate of drug-likeness (QED) is 0.614. The summed E-state index contributed by atoms with van der Waals surface area (Å²) < 4.78 is 46.1. The minimum absolute atomic E-state index is 0.0255. The number of ether oxygens (including phenoxy) is 1. The minimum atomic E-state index is -0.787. The molecular formula is C23H27F3N2O3. The Morgan fingerprint density at radius 3 is 2.52 bits per heavy atom. The van der Waals surface area contributed by atoms with Crippen molar-refractivity contribution in [2.45, 2.75) is 45.1 Å². The smallest absolute Gasteiger partial charge is 0.145 e. The van der Waals surface area contributed by atoms with Crippen LogP contribution in [0, 0.1) is 17.5 Å². The molecule has 0 saturated heterocycles. The van der Waals surface area contributed by atoms with Gasteiger partial charge >= 0.3 is 0 Å². The average molecular weight is 436 g/mol. The van der Waals surface area contributed by atoms with Gasteiger partial charge in [0.15, 0.2) is 0 Å². The molecule has 0 bridgehead atoms. The summed E-state index contributed by atoms with van der Waals surface area (Å²) in [5, 5.41) is 14.5. The number of halogens is 3. The zero-order chi connectivity index (χ0) is 22.4. The van der Waals surface area contributed by atoms with Crippen molar-refractivity contribution in [3.05, 3.63) is 71.0 Å². The van der Waals surface area contributed by atoms with Crippen molar-refractivity contribution >= 4 is 5.71 Å². The molecule has 2 aromatic rings. The van der Waals surface area contributed by atoms with E-state index in [1.807, 2.05) is 18.7 Å². The number of benzene rings is 2. The van der Waals surface area contributed by atoms with Crippen LogP contribution in [0.5, 0.6) is 0 Å². The van der Waals surface area contributed by atoms with Crippen LogP contribution in [0.3, 0.4) is 0 Å².